The minimum Gasteiger partial charge on any atom is -0.481 e. The number of hydrogen-bond acceptors (Lipinski definition) is 12. The second kappa shape index (κ2) is 24.5. The van der Waals surface area contributed by atoms with Crippen molar-refractivity contribution in [2.45, 2.75) is 121 Å². The Balaban J connectivity index is 2.01. The summed E-state index contributed by atoms with van der Waals surface area (Å²) in [6, 6.07) is -3.83. The Morgan fingerprint density at radius 3 is 1.83 bits per heavy atom. The number of aliphatic carboxylic acids is 2. The van der Waals surface area contributed by atoms with E-state index in [0.29, 0.717) is 58.3 Å². The number of nitrogens with one attached hydrogen (secondary N) is 7. The quantitative estimate of drug-likeness (QED) is 0.0474. The Kier molecular flexibility index (Phi) is 21.0. The second-order valence-electron chi connectivity index (χ2n) is 14.9. The van der Waals surface area contributed by atoms with Gasteiger partial charge >= 0.3 is 11.9 Å². The molecule has 5 amide bonds. The molecule has 2 aliphatic heterocycles. The van der Waals surface area contributed by atoms with Crippen LogP contribution in [0.2, 0.25) is 0 Å². The minimum absolute atomic E-state index is 0.0596. The molecule has 0 spiro atoms. The highest BCUT2D eigenvalue weighted by atomic mass is 16.4. The molecule has 0 aromatic heterocycles. The molecule has 2 heterocycles. The van der Waals surface area contributed by atoms with E-state index < -0.39 is 84.7 Å². The van der Waals surface area contributed by atoms with Crippen LogP contribution in [-0.4, -0.2) is 132 Å². The number of amides is 5. The number of piperidine rings is 2. The molecule has 54 heavy (non-hydrogen) atoms. The molecule has 14 N–H and O–H groups in total. The highest BCUT2D eigenvalue weighted by Gasteiger charge is 2.35. The van der Waals surface area contributed by atoms with Crippen molar-refractivity contribution in [1.82, 2.24) is 37.2 Å². The Labute approximate surface area is 316 Å². The zero-order valence-electron chi connectivity index (χ0n) is 31.6. The first-order valence-electron chi connectivity index (χ1n) is 19.0. The number of carboxylic acid groups (broad SMARTS) is 2. The first-order chi connectivity index (χ1) is 25.6. The van der Waals surface area contributed by atoms with E-state index in [2.05, 4.69) is 37.2 Å². The average molecular weight is 770 g/mol. The number of carbonyl (C=O) groups excluding carboxylic acids is 5. The first-order valence-corrected chi connectivity index (χ1v) is 19.0. The van der Waals surface area contributed by atoms with Crippen LogP contribution in [0.25, 0.3) is 0 Å². The van der Waals surface area contributed by atoms with Crippen molar-refractivity contribution in [2.24, 2.45) is 29.2 Å². The standard InChI is InChI=1S/C35H63N9O10/c1-20(2)12-23(14-29(46)41-22(16-33(51)52)5-6-32(49)50)42-35(54)26-18-39-11-8-28(26)44-31(48)13-21(4-3-9-36)40-30(47)15-24(19-45)43-34(53)25-17-38-10-7-27(25)37/h20-28,38-39,45H,3-19,36-37H2,1-2H3,(H,40,47)(H,41,46)(H,42,54)(H,43,53)(H,44,48)(H,49,50)(H,51,52)/t21-,22-,23-,24+,25+,26+,27+,28+/m0/s1. The molecule has 0 saturated carbocycles. The summed E-state index contributed by atoms with van der Waals surface area (Å²) < 4.78 is 0. The van der Waals surface area contributed by atoms with Crippen molar-refractivity contribution in [3.63, 3.8) is 0 Å². The summed E-state index contributed by atoms with van der Waals surface area (Å²) >= 11 is 0. The lowest BCUT2D eigenvalue weighted by molar-refractivity contribution is -0.140. The van der Waals surface area contributed by atoms with E-state index in [0.717, 1.165) is 0 Å². The topological polar surface area (TPSA) is 316 Å². The molecule has 0 aromatic rings. The van der Waals surface area contributed by atoms with Crippen molar-refractivity contribution in [1.29, 1.82) is 0 Å². The molecule has 2 rings (SSSR count). The van der Waals surface area contributed by atoms with Gasteiger partial charge in [-0.15, -0.1) is 0 Å². The van der Waals surface area contributed by atoms with Crippen molar-refractivity contribution in [2.75, 3.05) is 39.3 Å². The van der Waals surface area contributed by atoms with E-state index in [1.165, 1.54) is 0 Å². The highest BCUT2D eigenvalue weighted by Crippen LogP contribution is 2.17. The number of nitrogens with two attached hydrogens (primary N) is 2. The third-order valence-electron chi connectivity index (χ3n) is 9.62. The normalized spacial score (nSPS) is 22.2. The molecular formula is C35H63N9O10. The summed E-state index contributed by atoms with van der Waals surface area (Å²) in [7, 11) is 0. The summed E-state index contributed by atoms with van der Waals surface area (Å²) in [6.07, 6.45) is 1.13. The van der Waals surface area contributed by atoms with Crippen LogP contribution in [0.3, 0.4) is 0 Å². The maximum Gasteiger partial charge on any atom is 0.305 e. The summed E-state index contributed by atoms with van der Waals surface area (Å²) in [5, 5.41) is 48.4. The van der Waals surface area contributed by atoms with Gasteiger partial charge in [0.25, 0.3) is 0 Å². The predicted molar refractivity (Wildman–Crippen MR) is 197 cm³/mol. The molecule has 8 atom stereocenters. The maximum atomic E-state index is 13.6. The van der Waals surface area contributed by atoms with Crippen LogP contribution >= 0.6 is 0 Å². The van der Waals surface area contributed by atoms with E-state index >= 15 is 0 Å². The Morgan fingerprint density at radius 1 is 0.704 bits per heavy atom. The van der Waals surface area contributed by atoms with Crippen molar-refractivity contribution < 1.29 is 48.9 Å². The fourth-order valence-electron chi connectivity index (χ4n) is 6.85. The number of aliphatic hydroxyl groups excluding tert-OH is 1. The van der Waals surface area contributed by atoms with Crippen LogP contribution < -0.4 is 48.7 Å². The van der Waals surface area contributed by atoms with Gasteiger partial charge in [0.1, 0.15) is 0 Å². The lowest BCUT2D eigenvalue weighted by atomic mass is 9.91. The van der Waals surface area contributed by atoms with Crippen LogP contribution in [0.5, 0.6) is 0 Å². The molecule has 0 unspecified atom stereocenters. The van der Waals surface area contributed by atoms with Crippen LogP contribution in [0, 0.1) is 17.8 Å². The van der Waals surface area contributed by atoms with Gasteiger partial charge in [0.2, 0.25) is 29.5 Å². The fourth-order valence-corrected chi connectivity index (χ4v) is 6.85. The average Bonchev–Trinajstić information content (AvgIpc) is 3.08. The smallest absolute Gasteiger partial charge is 0.305 e. The molecule has 19 nitrogen and oxygen atoms in total. The maximum absolute atomic E-state index is 13.6. The number of carbonyl (C=O) groups is 7. The van der Waals surface area contributed by atoms with E-state index in [9.17, 15) is 43.8 Å². The fraction of sp³-hybridized carbons (Fsp3) is 0.800. The van der Waals surface area contributed by atoms with Crippen LogP contribution in [0.15, 0.2) is 0 Å². The Hall–Kier alpha value is -3.91. The zero-order valence-corrected chi connectivity index (χ0v) is 31.6. The first kappa shape index (κ1) is 46.2. The van der Waals surface area contributed by atoms with Gasteiger partial charge in [-0.3, -0.25) is 33.6 Å². The number of rotatable bonds is 24. The van der Waals surface area contributed by atoms with Crippen LogP contribution in [0.4, 0.5) is 0 Å². The largest absolute Gasteiger partial charge is 0.481 e. The number of hydrogen-bond donors (Lipinski definition) is 12. The SMILES string of the molecule is CC(C)C[C@@H](CC(=O)N[C@@H](CCC(=O)O)CC(=O)O)NC(=O)[C@@H]1CNCC[C@H]1NC(=O)C[C@H](CCCN)NC(=O)C[C@H](CO)NC(=O)[C@@H]1CNCC[C@H]1N. The molecule has 0 aliphatic carbocycles. The minimum atomic E-state index is -1.18. The molecule has 308 valence electrons. The van der Waals surface area contributed by atoms with Crippen molar-refractivity contribution in [3.8, 4) is 0 Å². The lowest BCUT2D eigenvalue weighted by Gasteiger charge is -2.33. The molecule has 0 radical (unpaired) electrons. The summed E-state index contributed by atoms with van der Waals surface area (Å²) in [5.41, 5.74) is 11.8. The molecule has 19 heteroatoms. The van der Waals surface area contributed by atoms with Gasteiger partial charge in [0.05, 0.1) is 30.9 Å². The molecule has 0 bridgehead atoms. The van der Waals surface area contributed by atoms with E-state index in [4.69, 9.17) is 16.6 Å². The van der Waals surface area contributed by atoms with Gasteiger partial charge in [-0.25, -0.2) is 0 Å². The Bertz CT molecular complexity index is 1260. The van der Waals surface area contributed by atoms with Gasteiger partial charge in [-0.1, -0.05) is 13.8 Å². The van der Waals surface area contributed by atoms with Gasteiger partial charge in [-0.2, -0.15) is 0 Å². The molecule has 2 aliphatic rings. The van der Waals surface area contributed by atoms with Gasteiger partial charge in [0.15, 0.2) is 0 Å². The highest BCUT2D eigenvalue weighted by molar-refractivity contribution is 5.85. The van der Waals surface area contributed by atoms with Gasteiger partial charge in [0, 0.05) is 69.0 Å². The monoisotopic (exact) mass is 769 g/mol. The van der Waals surface area contributed by atoms with Gasteiger partial charge < -0.3 is 64.0 Å². The number of aliphatic hydroxyl groups is 1. The van der Waals surface area contributed by atoms with E-state index in [1.807, 2.05) is 13.8 Å². The van der Waals surface area contributed by atoms with E-state index in [-0.39, 0.29) is 62.4 Å². The van der Waals surface area contributed by atoms with E-state index in [1.54, 1.807) is 0 Å². The lowest BCUT2D eigenvalue weighted by Crippen LogP contribution is -2.57. The molecule has 0 aromatic carbocycles. The summed E-state index contributed by atoms with van der Waals surface area (Å²) in [5.74, 6) is -5.50. The number of carboxylic acids is 2. The third kappa shape index (κ3) is 17.9. The summed E-state index contributed by atoms with van der Waals surface area (Å²) in [6.45, 7) is 5.61. The predicted octanol–water partition coefficient (Wildman–Crippen LogP) is -2.76. The van der Waals surface area contributed by atoms with Crippen molar-refractivity contribution >= 4 is 41.5 Å². The van der Waals surface area contributed by atoms with Gasteiger partial charge in [-0.05, 0) is 64.1 Å². The summed E-state index contributed by atoms with van der Waals surface area (Å²) in [4.78, 5) is 88.0. The van der Waals surface area contributed by atoms with Crippen LogP contribution in [0.1, 0.15) is 84.5 Å². The zero-order chi connectivity index (χ0) is 40.2. The molecule has 2 saturated heterocycles. The molecular weight excluding hydrogens is 706 g/mol. The van der Waals surface area contributed by atoms with Crippen LogP contribution in [-0.2, 0) is 33.6 Å². The van der Waals surface area contributed by atoms with Crippen molar-refractivity contribution in [3.05, 3.63) is 0 Å². The Morgan fingerprint density at radius 2 is 1.26 bits per heavy atom. The third-order valence-corrected chi connectivity index (χ3v) is 9.62. The second-order valence-corrected chi connectivity index (χ2v) is 14.9. The molecule has 2 fully saturated rings.